The largest absolute Gasteiger partial charge is 0.536 e. The van der Waals surface area contributed by atoms with Crippen LogP contribution in [0.1, 0.15) is 105 Å². The molecule has 352 valence electrons. The highest BCUT2D eigenvalue weighted by Gasteiger charge is 2.84. The molecule has 21 heteroatoms. The molecular formula is C44H55N2O16P3. The summed E-state index contributed by atoms with van der Waals surface area (Å²) >= 11 is 0. The second-order valence-corrected chi connectivity index (χ2v) is 23.1. The maximum atomic E-state index is 15.4. The minimum Gasteiger partial charge on any atom is -0.482 e. The highest BCUT2D eigenvalue weighted by atomic mass is 31.3. The van der Waals surface area contributed by atoms with Crippen LogP contribution in [0.3, 0.4) is 0 Å². The third-order valence-electron chi connectivity index (χ3n) is 13.3. The Balaban J connectivity index is 1.61. The molecule has 3 aliphatic heterocycles. The molecule has 7 aliphatic rings. The number of phosphoric acid groups is 3. The first-order valence-corrected chi connectivity index (χ1v) is 25.6. The Bertz CT molecular complexity index is 2680. The molecule has 18 nitrogen and oxygen atoms in total. The summed E-state index contributed by atoms with van der Waals surface area (Å²) in [6.45, 7) is 16.5. The van der Waals surface area contributed by atoms with Crippen LogP contribution in [0, 0.1) is 35.0 Å². The predicted octanol–water partition coefficient (Wildman–Crippen LogP) is 7.97. The number of nitrogens with zero attached hydrogens (tertiary/aromatic N) is 1. The number of carbonyl (C=O) groups excluding carboxylic acids is 2. The van der Waals surface area contributed by atoms with Gasteiger partial charge in [-0.3, -0.25) is 9.69 Å². The second-order valence-electron chi connectivity index (χ2n) is 18.7. The molecule has 6 N–H and O–H groups in total. The van der Waals surface area contributed by atoms with Crippen LogP contribution in [0.4, 0.5) is 0 Å². The third-order valence-corrected chi connectivity index (χ3v) is 17.1. The van der Waals surface area contributed by atoms with E-state index in [9.17, 15) is 43.3 Å². The molecule has 1 spiro atoms. The monoisotopic (exact) mass is 960 g/mol. The van der Waals surface area contributed by atoms with Crippen LogP contribution < -0.4 is 19.7 Å². The number of hydrogen-bond acceptors (Lipinski definition) is 14. The van der Waals surface area contributed by atoms with Crippen molar-refractivity contribution in [2.45, 2.75) is 117 Å². The van der Waals surface area contributed by atoms with Crippen LogP contribution >= 0.6 is 23.5 Å². The summed E-state index contributed by atoms with van der Waals surface area (Å²) in [7, 11) is -16.5. The van der Waals surface area contributed by atoms with Crippen molar-refractivity contribution in [3.63, 3.8) is 0 Å². The smallest absolute Gasteiger partial charge is 0.482 e. The maximum absolute atomic E-state index is 15.4. The Morgan fingerprint density at radius 2 is 1.65 bits per heavy atom. The van der Waals surface area contributed by atoms with Gasteiger partial charge in [-0.25, -0.2) is 18.5 Å². The van der Waals surface area contributed by atoms with E-state index in [1.165, 1.54) is 7.11 Å². The molecule has 4 fully saturated rings. The number of allylic oxidation sites excluding steroid dienone is 6. The number of Topliss-reactive ketones (excluding diaryl/α,β-unsaturated/α-hetero) is 1. The van der Waals surface area contributed by atoms with Crippen molar-refractivity contribution in [2.75, 3.05) is 7.11 Å². The molecule has 3 heterocycles. The van der Waals surface area contributed by atoms with E-state index >= 15 is 4.79 Å². The van der Waals surface area contributed by atoms with Gasteiger partial charge in [0, 0.05) is 46.9 Å². The normalized spacial score (nSPS) is 31.0. The zero-order chi connectivity index (χ0) is 48.2. The fourth-order valence-electron chi connectivity index (χ4n) is 10.7. The van der Waals surface area contributed by atoms with E-state index < -0.39 is 81.3 Å². The summed E-state index contributed by atoms with van der Waals surface area (Å²) < 4.78 is 79.2. The van der Waals surface area contributed by atoms with Crippen molar-refractivity contribution in [3.05, 3.63) is 74.6 Å². The van der Waals surface area contributed by atoms with Crippen molar-refractivity contribution in [1.29, 1.82) is 5.26 Å². The number of ketones is 1. The minimum atomic E-state index is -6.02. The standard InChI is InChI=1S/C44H55N2O16P3/c1-22(2)12-11-17-42(9)18-16-27-36(57-42)26(14-13-23(3)4)37-33(38(27)59-64(52,53)62-65(54,55)61-63(49,50)51)31-25(6)35(46)29(21-45)32-28-20-30-41(7,8)60-43(39(28)47,44(30,58-37)34(31)32)19-15-24(5)40(48)56-10/h12-13,15-16,18,25,28,30,32H,11,14,17,19-20,46H2,1-10H3,(H,52,53)(H,54,55)(H2,49,50,51)/b24-15-. The number of hydrogen-bond donors (Lipinski definition) is 5. The molecule has 1 aromatic rings. The van der Waals surface area contributed by atoms with Crippen molar-refractivity contribution in [1.82, 2.24) is 0 Å². The van der Waals surface area contributed by atoms with Gasteiger partial charge in [0.1, 0.15) is 17.1 Å². The van der Waals surface area contributed by atoms with E-state index in [4.69, 9.17) is 29.2 Å². The van der Waals surface area contributed by atoms with Crippen LogP contribution in [0.15, 0.2) is 57.9 Å². The van der Waals surface area contributed by atoms with Gasteiger partial charge in [0.05, 0.1) is 35.5 Å². The summed E-state index contributed by atoms with van der Waals surface area (Å²) in [6.07, 6.45) is 10.1. The summed E-state index contributed by atoms with van der Waals surface area (Å²) in [5, 5.41) is 10.8. The number of fused-ring (bicyclic) bond motifs is 3. The van der Waals surface area contributed by atoms with Crippen LogP contribution in [0.25, 0.3) is 11.6 Å². The molecule has 9 atom stereocenters. The van der Waals surface area contributed by atoms with Gasteiger partial charge in [0.25, 0.3) is 0 Å². The SMILES string of the molecule is COC(=O)/C(C)=C\CC12OC(C)(C)C3CC(C1=O)C1C(C#N)=C(N)C(C)C4=C1C32Oc1c(CC=C(C)C)c2c(c(OP(=O)(O)OP(=O)(O)OP(=O)(O)O)c14)C=CC(C)(CCC=C(C)C)O2. The number of rotatable bonds is 14. The molecule has 4 aliphatic carbocycles. The van der Waals surface area contributed by atoms with Crippen molar-refractivity contribution in [2.24, 2.45) is 29.4 Å². The number of nitrogens with two attached hydrogens (primary N) is 1. The molecule has 8 rings (SSSR count). The lowest BCUT2D eigenvalue weighted by Gasteiger charge is -2.63. The van der Waals surface area contributed by atoms with Gasteiger partial charge < -0.3 is 43.9 Å². The minimum absolute atomic E-state index is 0.0203. The van der Waals surface area contributed by atoms with E-state index in [0.29, 0.717) is 29.6 Å². The molecular weight excluding hydrogens is 905 g/mol. The van der Waals surface area contributed by atoms with Gasteiger partial charge in [-0.05, 0) is 104 Å². The van der Waals surface area contributed by atoms with Crippen molar-refractivity contribution >= 4 is 46.9 Å². The summed E-state index contributed by atoms with van der Waals surface area (Å²) in [4.78, 5) is 68.5. The number of carbonyl (C=O) groups is 2. The van der Waals surface area contributed by atoms with Gasteiger partial charge in [-0.2, -0.15) is 13.9 Å². The Morgan fingerprint density at radius 1 is 0.985 bits per heavy atom. The second kappa shape index (κ2) is 16.3. The number of phosphoric ester groups is 1. The Morgan fingerprint density at radius 3 is 2.25 bits per heavy atom. The molecule has 0 amide bonds. The van der Waals surface area contributed by atoms with Crippen LogP contribution in [-0.2, 0) is 47.8 Å². The van der Waals surface area contributed by atoms with E-state index in [1.54, 1.807) is 32.1 Å². The van der Waals surface area contributed by atoms with E-state index in [0.717, 1.165) is 11.1 Å². The molecule has 1 aromatic carbocycles. The fourth-order valence-corrected chi connectivity index (χ4v) is 13.8. The lowest BCUT2D eigenvalue weighted by Crippen LogP contribution is -2.75. The van der Waals surface area contributed by atoms with Gasteiger partial charge in [-0.15, -0.1) is 0 Å². The maximum Gasteiger partial charge on any atom is 0.536 e. The van der Waals surface area contributed by atoms with Gasteiger partial charge in [0.2, 0.25) is 0 Å². The lowest BCUT2D eigenvalue weighted by atomic mass is 9.43. The van der Waals surface area contributed by atoms with Crippen LogP contribution in [0.2, 0.25) is 0 Å². The number of esters is 1. The molecule has 9 unspecified atom stereocenters. The zero-order valence-corrected chi connectivity index (χ0v) is 40.5. The Hall–Kier alpha value is -4.10. The number of benzene rings is 1. The quantitative estimate of drug-likeness (QED) is 0.0511. The molecule has 65 heavy (non-hydrogen) atoms. The molecule has 0 aromatic heterocycles. The average Bonchev–Trinajstić information content (AvgIpc) is 3.32. The highest BCUT2D eigenvalue weighted by molar-refractivity contribution is 7.66. The summed E-state index contributed by atoms with van der Waals surface area (Å²) in [5.74, 6) is -4.67. The fraction of sp³-hybridized carbons (Fsp3) is 0.523. The van der Waals surface area contributed by atoms with Gasteiger partial charge in [-0.1, -0.05) is 36.3 Å². The third kappa shape index (κ3) is 8.05. The number of nitriles is 1. The van der Waals surface area contributed by atoms with E-state index in [1.807, 2.05) is 60.6 Å². The van der Waals surface area contributed by atoms with Gasteiger partial charge >= 0.3 is 29.4 Å². The van der Waals surface area contributed by atoms with Crippen LogP contribution in [0.5, 0.6) is 17.2 Å². The van der Waals surface area contributed by atoms with E-state index in [-0.39, 0.29) is 64.5 Å². The number of ether oxygens (including phenoxy) is 4. The molecule has 1 saturated heterocycles. The summed E-state index contributed by atoms with van der Waals surface area (Å²) in [6, 6.07) is 2.26. The lowest BCUT2D eigenvalue weighted by molar-refractivity contribution is -0.181. The zero-order valence-electron chi connectivity index (χ0n) is 37.8. The van der Waals surface area contributed by atoms with Gasteiger partial charge in [0.15, 0.2) is 22.7 Å². The topological polar surface area (TPSA) is 281 Å². The number of methoxy groups -OCH3 is 1. The predicted molar refractivity (Wildman–Crippen MR) is 235 cm³/mol. The Labute approximate surface area is 377 Å². The summed E-state index contributed by atoms with van der Waals surface area (Å²) in [5.41, 5.74) is 5.00. The van der Waals surface area contributed by atoms with E-state index in [2.05, 4.69) is 14.7 Å². The molecule has 4 bridgehead atoms. The van der Waals surface area contributed by atoms with Crippen molar-refractivity contribution < 1.29 is 75.0 Å². The Kier molecular flexibility index (Phi) is 12.2. The first-order chi connectivity index (χ1) is 30.0. The molecule has 3 saturated carbocycles. The first kappa shape index (κ1) is 48.8. The van der Waals surface area contributed by atoms with Crippen molar-refractivity contribution in [3.8, 4) is 23.3 Å². The average molecular weight is 961 g/mol. The molecule has 0 radical (unpaired) electrons. The highest BCUT2D eigenvalue weighted by Crippen LogP contribution is 2.76. The first-order valence-electron chi connectivity index (χ1n) is 21.0. The van der Waals surface area contributed by atoms with Crippen LogP contribution in [-0.4, -0.2) is 60.8 Å².